The van der Waals surface area contributed by atoms with Gasteiger partial charge in [-0.05, 0) is 48.9 Å². The summed E-state index contributed by atoms with van der Waals surface area (Å²) in [7, 11) is 0. The number of alkyl halides is 3. The summed E-state index contributed by atoms with van der Waals surface area (Å²) < 4.78 is 37.8. The third kappa shape index (κ3) is 3.96. The second-order valence-corrected chi connectivity index (χ2v) is 5.16. The molecule has 1 nitrogen and oxygen atoms in total. The minimum Gasteiger partial charge on any atom is -0.310 e. The maximum Gasteiger partial charge on any atom is 0.390 e. The molecule has 0 fully saturated rings. The highest BCUT2D eigenvalue weighted by Gasteiger charge is 2.32. The van der Waals surface area contributed by atoms with Gasteiger partial charge < -0.3 is 5.32 Å². The quantitative estimate of drug-likeness (QED) is 0.866. The van der Waals surface area contributed by atoms with Crippen LogP contribution in [0, 0.1) is 0 Å². The summed E-state index contributed by atoms with van der Waals surface area (Å²) in [4.78, 5) is 0. The molecule has 1 aromatic carbocycles. The Labute approximate surface area is 112 Å². The van der Waals surface area contributed by atoms with E-state index in [-0.39, 0.29) is 0 Å². The molecule has 2 rings (SSSR count). The topological polar surface area (TPSA) is 12.0 Å². The van der Waals surface area contributed by atoms with E-state index in [1.165, 1.54) is 17.5 Å². The van der Waals surface area contributed by atoms with E-state index in [9.17, 15) is 13.2 Å². The smallest absolute Gasteiger partial charge is 0.310 e. The molecule has 1 N–H and O–H groups in total. The molecule has 0 bridgehead atoms. The van der Waals surface area contributed by atoms with Gasteiger partial charge in [-0.3, -0.25) is 0 Å². The van der Waals surface area contributed by atoms with Crippen molar-refractivity contribution in [1.82, 2.24) is 5.32 Å². The molecule has 0 saturated heterocycles. The van der Waals surface area contributed by atoms with Crippen LogP contribution in [-0.2, 0) is 12.8 Å². The first-order valence-corrected chi connectivity index (χ1v) is 6.91. The normalized spacial score (nSPS) is 17.1. The zero-order valence-electron chi connectivity index (χ0n) is 11.2. The molecule has 106 valence electrons. The number of fused-ring (bicyclic) bond motifs is 1. The lowest BCUT2D eigenvalue weighted by Crippen LogP contribution is -2.26. The largest absolute Gasteiger partial charge is 0.390 e. The number of benzene rings is 1. The second kappa shape index (κ2) is 5.95. The van der Waals surface area contributed by atoms with Gasteiger partial charge in [0.05, 0.1) is 6.42 Å². The van der Waals surface area contributed by atoms with Crippen molar-refractivity contribution in [3.63, 3.8) is 0 Å². The van der Waals surface area contributed by atoms with E-state index in [0.29, 0.717) is 6.54 Å². The highest BCUT2D eigenvalue weighted by atomic mass is 19.4. The number of aryl methyl sites for hydroxylation is 2. The Morgan fingerprint density at radius 2 is 1.84 bits per heavy atom. The summed E-state index contributed by atoms with van der Waals surface area (Å²) in [6.45, 7) is 2.37. The minimum atomic E-state index is -4.14. The third-order valence-corrected chi connectivity index (χ3v) is 3.66. The first kappa shape index (κ1) is 14.4. The first-order chi connectivity index (χ1) is 8.99. The van der Waals surface area contributed by atoms with Gasteiger partial charge >= 0.3 is 6.18 Å². The molecule has 1 atom stereocenters. The minimum absolute atomic E-state index is 0.540. The molecule has 0 radical (unpaired) electrons. The lowest BCUT2D eigenvalue weighted by atomic mass is 9.88. The van der Waals surface area contributed by atoms with Crippen molar-refractivity contribution in [3.05, 3.63) is 34.9 Å². The molecule has 0 saturated carbocycles. The number of hydrogen-bond donors (Lipinski definition) is 1. The summed E-state index contributed by atoms with van der Waals surface area (Å²) >= 11 is 0. The maximum atomic E-state index is 12.6. The number of rotatable bonds is 4. The van der Waals surface area contributed by atoms with Gasteiger partial charge in [-0.1, -0.05) is 25.1 Å². The van der Waals surface area contributed by atoms with E-state index >= 15 is 0 Å². The van der Waals surface area contributed by atoms with Crippen LogP contribution in [-0.4, -0.2) is 12.7 Å². The van der Waals surface area contributed by atoms with Gasteiger partial charge in [-0.2, -0.15) is 13.2 Å². The Morgan fingerprint density at radius 1 is 1.16 bits per heavy atom. The van der Waals surface area contributed by atoms with E-state index in [0.717, 1.165) is 24.8 Å². The molecule has 1 aliphatic carbocycles. The fourth-order valence-corrected chi connectivity index (χ4v) is 2.76. The average molecular weight is 271 g/mol. The van der Waals surface area contributed by atoms with Crippen molar-refractivity contribution in [2.45, 2.75) is 51.2 Å². The molecule has 0 amide bonds. The predicted octanol–water partition coefficient (Wildman–Crippen LogP) is 4.17. The van der Waals surface area contributed by atoms with Crippen LogP contribution < -0.4 is 5.32 Å². The van der Waals surface area contributed by atoms with Gasteiger partial charge in [0.2, 0.25) is 0 Å². The van der Waals surface area contributed by atoms with Crippen molar-refractivity contribution in [1.29, 1.82) is 0 Å². The molecule has 0 heterocycles. The van der Waals surface area contributed by atoms with Crippen LogP contribution >= 0.6 is 0 Å². The SMILES string of the molecule is CCNC(CC(F)(F)F)c1ccc2c(c1)CCCC2. The van der Waals surface area contributed by atoms with E-state index in [2.05, 4.69) is 5.32 Å². The van der Waals surface area contributed by atoms with Gasteiger partial charge in [0.15, 0.2) is 0 Å². The van der Waals surface area contributed by atoms with Crippen molar-refractivity contribution in [2.24, 2.45) is 0 Å². The van der Waals surface area contributed by atoms with Gasteiger partial charge in [-0.25, -0.2) is 0 Å². The van der Waals surface area contributed by atoms with E-state index in [1.54, 1.807) is 0 Å². The highest BCUT2D eigenvalue weighted by Crippen LogP contribution is 2.31. The monoisotopic (exact) mass is 271 g/mol. The summed E-state index contributed by atoms with van der Waals surface area (Å²) in [5.41, 5.74) is 3.30. The second-order valence-electron chi connectivity index (χ2n) is 5.16. The van der Waals surface area contributed by atoms with Crippen LogP contribution in [0.25, 0.3) is 0 Å². The number of hydrogen-bond acceptors (Lipinski definition) is 1. The van der Waals surface area contributed by atoms with Crippen LogP contribution in [0.1, 0.15) is 48.9 Å². The van der Waals surface area contributed by atoms with Crippen LogP contribution in [0.2, 0.25) is 0 Å². The first-order valence-electron chi connectivity index (χ1n) is 6.91. The molecule has 1 aliphatic rings. The maximum absolute atomic E-state index is 12.6. The Kier molecular flexibility index (Phi) is 4.50. The molecule has 1 unspecified atom stereocenters. The van der Waals surface area contributed by atoms with Gasteiger partial charge in [0.25, 0.3) is 0 Å². The molecular formula is C15H20F3N. The summed E-state index contributed by atoms with van der Waals surface area (Å²) in [5, 5.41) is 2.94. The van der Waals surface area contributed by atoms with Crippen molar-refractivity contribution >= 4 is 0 Å². The summed E-state index contributed by atoms with van der Waals surface area (Å²) in [6.07, 6.45) is -0.565. The van der Waals surface area contributed by atoms with Crippen LogP contribution in [0.3, 0.4) is 0 Å². The molecule has 1 aromatic rings. The number of nitrogens with one attached hydrogen (secondary N) is 1. The summed E-state index contributed by atoms with van der Waals surface area (Å²) in [5.74, 6) is 0. The molecule has 0 aliphatic heterocycles. The van der Waals surface area contributed by atoms with Gasteiger partial charge in [0, 0.05) is 6.04 Å². The Hall–Kier alpha value is -1.03. The number of halogens is 3. The molecule has 19 heavy (non-hydrogen) atoms. The van der Waals surface area contributed by atoms with Crippen molar-refractivity contribution in [2.75, 3.05) is 6.54 Å². The predicted molar refractivity (Wildman–Crippen MR) is 70.2 cm³/mol. The standard InChI is InChI=1S/C15H20F3N/c1-2-19-14(10-15(16,17)18)13-8-7-11-5-3-4-6-12(11)9-13/h7-9,14,19H,2-6,10H2,1H3. The van der Waals surface area contributed by atoms with Gasteiger partial charge in [-0.15, -0.1) is 0 Å². The van der Waals surface area contributed by atoms with E-state index in [1.807, 2.05) is 25.1 Å². The fourth-order valence-electron chi connectivity index (χ4n) is 2.76. The van der Waals surface area contributed by atoms with Crippen LogP contribution in [0.15, 0.2) is 18.2 Å². The van der Waals surface area contributed by atoms with Crippen LogP contribution in [0.4, 0.5) is 13.2 Å². The Balaban J connectivity index is 2.21. The molecule has 4 heteroatoms. The van der Waals surface area contributed by atoms with Crippen molar-refractivity contribution < 1.29 is 13.2 Å². The zero-order valence-corrected chi connectivity index (χ0v) is 11.2. The lowest BCUT2D eigenvalue weighted by Gasteiger charge is -2.23. The zero-order chi connectivity index (χ0) is 13.9. The fraction of sp³-hybridized carbons (Fsp3) is 0.600. The molecule has 0 aromatic heterocycles. The third-order valence-electron chi connectivity index (χ3n) is 3.66. The summed E-state index contributed by atoms with van der Waals surface area (Å²) in [6, 6.07) is 5.19. The molecular weight excluding hydrogens is 251 g/mol. The lowest BCUT2D eigenvalue weighted by molar-refractivity contribution is -0.140. The average Bonchev–Trinajstić information content (AvgIpc) is 2.36. The van der Waals surface area contributed by atoms with E-state index in [4.69, 9.17) is 0 Å². The highest BCUT2D eigenvalue weighted by molar-refractivity contribution is 5.35. The Morgan fingerprint density at radius 3 is 2.47 bits per heavy atom. The van der Waals surface area contributed by atoms with Gasteiger partial charge in [0.1, 0.15) is 0 Å². The van der Waals surface area contributed by atoms with Crippen LogP contribution in [0.5, 0.6) is 0 Å². The van der Waals surface area contributed by atoms with Crippen molar-refractivity contribution in [3.8, 4) is 0 Å². The van der Waals surface area contributed by atoms with E-state index < -0.39 is 18.6 Å². The Bertz CT molecular complexity index is 426. The molecule has 0 spiro atoms.